The highest BCUT2D eigenvalue weighted by Gasteiger charge is 2.15. The number of nitro benzene ring substituents is 1. The molecule has 2 aromatic rings. The van der Waals surface area contributed by atoms with Gasteiger partial charge in [0.25, 0.3) is 5.69 Å². The Hall–Kier alpha value is -2.80. The Balaban J connectivity index is 1.71. The molecule has 0 fully saturated rings. The number of fused-ring (bicyclic) bond motifs is 1. The predicted octanol–water partition coefficient (Wildman–Crippen LogP) is 3.42. The smallest absolute Gasteiger partial charge is 0.269 e. The van der Waals surface area contributed by atoms with Crippen LogP contribution in [0.5, 0.6) is 11.5 Å². The lowest BCUT2D eigenvalue weighted by molar-refractivity contribution is -0.384. The first-order valence-electron chi connectivity index (χ1n) is 6.26. The van der Waals surface area contributed by atoms with Crippen molar-refractivity contribution in [2.75, 3.05) is 12.2 Å². The third-order valence-electron chi connectivity index (χ3n) is 2.97. The number of non-ortho nitro benzene ring substituents is 1. The van der Waals surface area contributed by atoms with E-state index in [-0.39, 0.29) is 12.5 Å². The van der Waals surface area contributed by atoms with E-state index in [4.69, 9.17) is 21.1 Å². The van der Waals surface area contributed by atoms with Gasteiger partial charge in [-0.15, -0.1) is 0 Å². The summed E-state index contributed by atoms with van der Waals surface area (Å²) in [7, 11) is 0. The summed E-state index contributed by atoms with van der Waals surface area (Å²) in [5.41, 5.74) is 4.08. The quantitative estimate of drug-likeness (QED) is 0.530. The summed E-state index contributed by atoms with van der Waals surface area (Å²) >= 11 is 6.12. The van der Waals surface area contributed by atoms with E-state index in [1.807, 2.05) is 0 Å². The van der Waals surface area contributed by atoms with Gasteiger partial charge in [0.05, 0.1) is 21.8 Å². The van der Waals surface area contributed by atoms with Crippen molar-refractivity contribution in [2.24, 2.45) is 5.10 Å². The summed E-state index contributed by atoms with van der Waals surface area (Å²) in [6, 6.07) is 9.31. The molecular formula is C14H10ClN3O4. The van der Waals surface area contributed by atoms with E-state index >= 15 is 0 Å². The van der Waals surface area contributed by atoms with Crippen LogP contribution in [0.4, 0.5) is 11.4 Å². The van der Waals surface area contributed by atoms with Crippen molar-refractivity contribution in [3.63, 3.8) is 0 Å². The Morgan fingerprint density at radius 2 is 1.91 bits per heavy atom. The summed E-state index contributed by atoms with van der Waals surface area (Å²) in [4.78, 5) is 10.1. The van der Waals surface area contributed by atoms with E-state index in [1.165, 1.54) is 18.3 Å². The predicted molar refractivity (Wildman–Crippen MR) is 81.9 cm³/mol. The molecule has 1 heterocycles. The molecule has 0 bridgehead atoms. The summed E-state index contributed by atoms with van der Waals surface area (Å²) < 4.78 is 10.5. The maximum Gasteiger partial charge on any atom is 0.269 e. The number of nitro groups is 1. The minimum atomic E-state index is -0.459. The first kappa shape index (κ1) is 14.2. The van der Waals surface area contributed by atoms with Crippen LogP contribution in [0.25, 0.3) is 0 Å². The Morgan fingerprint density at radius 3 is 2.59 bits per heavy atom. The minimum Gasteiger partial charge on any atom is -0.454 e. The van der Waals surface area contributed by atoms with Gasteiger partial charge in [0.1, 0.15) is 0 Å². The average Bonchev–Trinajstić information content (AvgIpc) is 2.95. The normalized spacial score (nSPS) is 12.6. The lowest BCUT2D eigenvalue weighted by atomic mass is 10.2. The van der Waals surface area contributed by atoms with Crippen LogP contribution in [0.3, 0.4) is 0 Å². The van der Waals surface area contributed by atoms with Crippen LogP contribution in [0.2, 0.25) is 5.02 Å². The molecule has 0 spiro atoms. The zero-order valence-corrected chi connectivity index (χ0v) is 11.9. The molecule has 0 radical (unpaired) electrons. The van der Waals surface area contributed by atoms with Gasteiger partial charge in [0.2, 0.25) is 6.79 Å². The van der Waals surface area contributed by atoms with Crippen LogP contribution in [0.15, 0.2) is 41.5 Å². The lowest BCUT2D eigenvalue weighted by Crippen LogP contribution is -1.93. The first-order chi connectivity index (χ1) is 10.6. The van der Waals surface area contributed by atoms with Crippen molar-refractivity contribution in [3.05, 3.63) is 57.1 Å². The van der Waals surface area contributed by atoms with Gasteiger partial charge in [0, 0.05) is 23.8 Å². The molecule has 22 heavy (non-hydrogen) atoms. The second kappa shape index (κ2) is 5.90. The number of benzene rings is 2. The molecule has 0 saturated carbocycles. The average molecular weight is 320 g/mol. The molecule has 1 aliphatic heterocycles. The molecule has 0 atom stereocenters. The van der Waals surface area contributed by atoms with Crippen LogP contribution in [-0.2, 0) is 0 Å². The molecule has 1 aliphatic rings. The number of hydrogen-bond acceptors (Lipinski definition) is 6. The highest BCUT2D eigenvalue weighted by atomic mass is 35.5. The Labute approximate surface area is 130 Å². The summed E-state index contributed by atoms with van der Waals surface area (Å²) in [5.74, 6) is 1.21. The topological polar surface area (TPSA) is 86.0 Å². The maximum absolute atomic E-state index is 10.6. The van der Waals surface area contributed by atoms with Crippen molar-refractivity contribution < 1.29 is 14.4 Å². The van der Waals surface area contributed by atoms with Crippen molar-refractivity contribution in [1.82, 2.24) is 0 Å². The van der Waals surface area contributed by atoms with Crippen LogP contribution in [-0.4, -0.2) is 17.9 Å². The second-order valence-electron chi connectivity index (χ2n) is 4.40. The molecule has 3 rings (SSSR count). The zero-order valence-electron chi connectivity index (χ0n) is 11.2. The van der Waals surface area contributed by atoms with Crippen molar-refractivity contribution in [2.45, 2.75) is 0 Å². The van der Waals surface area contributed by atoms with E-state index in [0.29, 0.717) is 27.8 Å². The number of halogens is 1. The van der Waals surface area contributed by atoms with Gasteiger partial charge < -0.3 is 9.47 Å². The SMILES string of the molecule is O=[N+]([O-])c1ccc(N/N=C\c2cc3c(cc2Cl)OCO3)cc1. The van der Waals surface area contributed by atoms with Crippen LogP contribution < -0.4 is 14.9 Å². The number of hydrazone groups is 1. The summed E-state index contributed by atoms with van der Waals surface area (Å²) in [5, 5.41) is 15.1. The van der Waals surface area contributed by atoms with Gasteiger partial charge >= 0.3 is 0 Å². The fourth-order valence-corrected chi connectivity index (χ4v) is 2.07. The molecule has 112 valence electrons. The van der Waals surface area contributed by atoms with E-state index in [9.17, 15) is 10.1 Å². The number of hydrogen-bond donors (Lipinski definition) is 1. The van der Waals surface area contributed by atoms with E-state index in [0.717, 1.165) is 0 Å². The zero-order chi connectivity index (χ0) is 15.5. The van der Waals surface area contributed by atoms with Gasteiger partial charge in [-0.05, 0) is 18.2 Å². The fraction of sp³-hybridized carbons (Fsp3) is 0.0714. The van der Waals surface area contributed by atoms with Gasteiger partial charge in [0.15, 0.2) is 11.5 Å². The van der Waals surface area contributed by atoms with Gasteiger partial charge in [-0.25, -0.2) is 0 Å². The summed E-state index contributed by atoms with van der Waals surface area (Å²) in [6.07, 6.45) is 1.53. The maximum atomic E-state index is 10.6. The molecule has 7 nitrogen and oxygen atoms in total. The largest absolute Gasteiger partial charge is 0.454 e. The molecule has 0 unspecified atom stereocenters. The third kappa shape index (κ3) is 2.94. The van der Waals surface area contributed by atoms with E-state index < -0.39 is 4.92 Å². The molecule has 1 N–H and O–H groups in total. The number of nitrogens with one attached hydrogen (secondary N) is 1. The van der Waals surface area contributed by atoms with Crippen molar-refractivity contribution >= 4 is 29.2 Å². The molecule has 0 amide bonds. The summed E-state index contributed by atoms with van der Waals surface area (Å²) in [6.45, 7) is 0.174. The van der Waals surface area contributed by atoms with Crippen molar-refractivity contribution in [1.29, 1.82) is 0 Å². The molecular weight excluding hydrogens is 310 g/mol. The Morgan fingerprint density at radius 1 is 1.23 bits per heavy atom. The second-order valence-corrected chi connectivity index (χ2v) is 4.81. The number of rotatable bonds is 4. The fourth-order valence-electron chi connectivity index (χ4n) is 1.87. The molecule has 8 heteroatoms. The van der Waals surface area contributed by atoms with Gasteiger partial charge in [-0.2, -0.15) is 5.10 Å². The standard InChI is InChI=1S/C14H10ClN3O4/c15-12-6-14-13(21-8-22-14)5-9(12)7-16-17-10-1-3-11(4-2-10)18(19)20/h1-7,17H,8H2/b16-7-. The van der Waals surface area contributed by atoms with Crippen LogP contribution in [0, 0.1) is 10.1 Å². The van der Waals surface area contributed by atoms with E-state index in [2.05, 4.69) is 10.5 Å². The Bertz CT molecular complexity index is 746. The molecule has 0 saturated heterocycles. The number of anilines is 1. The Kier molecular flexibility index (Phi) is 3.80. The van der Waals surface area contributed by atoms with Gasteiger partial charge in [-0.1, -0.05) is 11.6 Å². The van der Waals surface area contributed by atoms with Crippen LogP contribution in [0.1, 0.15) is 5.56 Å². The molecule has 0 aromatic heterocycles. The third-order valence-corrected chi connectivity index (χ3v) is 3.29. The van der Waals surface area contributed by atoms with E-state index in [1.54, 1.807) is 24.3 Å². The first-order valence-corrected chi connectivity index (χ1v) is 6.64. The minimum absolute atomic E-state index is 0.0216. The highest BCUT2D eigenvalue weighted by Crippen LogP contribution is 2.36. The molecule has 2 aromatic carbocycles. The van der Waals surface area contributed by atoms with Gasteiger partial charge in [-0.3, -0.25) is 15.5 Å². The lowest BCUT2D eigenvalue weighted by Gasteiger charge is -2.02. The molecule has 0 aliphatic carbocycles. The number of ether oxygens (including phenoxy) is 2. The van der Waals surface area contributed by atoms with Crippen LogP contribution >= 0.6 is 11.6 Å². The highest BCUT2D eigenvalue weighted by molar-refractivity contribution is 6.33. The number of nitrogens with zero attached hydrogens (tertiary/aromatic N) is 2. The van der Waals surface area contributed by atoms with Crippen molar-refractivity contribution in [3.8, 4) is 11.5 Å². The monoisotopic (exact) mass is 319 g/mol.